The first-order valence-corrected chi connectivity index (χ1v) is 7.51. The van der Waals surface area contributed by atoms with Crippen molar-refractivity contribution in [3.8, 4) is 5.75 Å². The standard InChI is InChI=1S/C16H18ClNO3/c1-4-10(3)18-7-12-15-11(9(2)5-14(19)21-15)6-13(17)16(12)20-8-18/h5-6,10H,4,7-8H2,1-3H3/t10-/m0/s1. The van der Waals surface area contributed by atoms with Gasteiger partial charge in [0.25, 0.3) is 0 Å². The number of rotatable bonds is 2. The first-order valence-electron chi connectivity index (χ1n) is 7.14. The van der Waals surface area contributed by atoms with Crippen LogP contribution in [0.2, 0.25) is 5.02 Å². The minimum atomic E-state index is -0.342. The zero-order valence-electron chi connectivity index (χ0n) is 12.4. The Hall–Kier alpha value is -1.52. The molecule has 1 aromatic heterocycles. The molecule has 0 fully saturated rings. The van der Waals surface area contributed by atoms with Crippen LogP contribution in [0.5, 0.6) is 5.75 Å². The molecule has 3 rings (SSSR count). The summed E-state index contributed by atoms with van der Waals surface area (Å²) in [5.74, 6) is 0.637. The Morgan fingerprint density at radius 1 is 1.43 bits per heavy atom. The molecular weight excluding hydrogens is 290 g/mol. The van der Waals surface area contributed by atoms with Gasteiger partial charge >= 0.3 is 5.63 Å². The van der Waals surface area contributed by atoms with Gasteiger partial charge in [0.1, 0.15) is 18.1 Å². The number of ether oxygens (including phenoxy) is 1. The minimum absolute atomic E-state index is 0.342. The summed E-state index contributed by atoms with van der Waals surface area (Å²) in [5, 5.41) is 1.44. The zero-order chi connectivity index (χ0) is 15.1. The molecule has 0 unspecified atom stereocenters. The SMILES string of the molecule is CC[C@H](C)N1COc2c(Cl)cc3c(C)cc(=O)oc3c2C1. The number of halogens is 1. The second-order valence-corrected chi connectivity index (χ2v) is 5.98. The van der Waals surface area contributed by atoms with Crippen molar-refractivity contribution in [2.45, 2.75) is 39.8 Å². The Bertz CT molecular complexity index is 753. The van der Waals surface area contributed by atoms with Crippen molar-refractivity contribution in [3.05, 3.63) is 38.7 Å². The smallest absolute Gasteiger partial charge is 0.336 e. The van der Waals surface area contributed by atoms with Crippen molar-refractivity contribution >= 4 is 22.6 Å². The van der Waals surface area contributed by atoms with Crippen LogP contribution in [0.3, 0.4) is 0 Å². The first-order chi connectivity index (χ1) is 10.0. The summed E-state index contributed by atoms with van der Waals surface area (Å²) in [6.45, 7) is 7.36. The average Bonchev–Trinajstić information content (AvgIpc) is 2.47. The van der Waals surface area contributed by atoms with E-state index in [1.54, 1.807) is 0 Å². The van der Waals surface area contributed by atoms with Crippen LogP contribution in [0.1, 0.15) is 31.4 Å². The predicted octanol–water partition coefficient (Wildman–Crippen LogP) is 3.71. The van der Waals surface area contributed by atoms with Gasteiger partial charge in [0.05, 0.1) is 10.6 Å². The van der Waals surface area contributed by atoms with E-state index in [2.05, 4.69) is 18.7 Å². The Kier molecular flexibility index (Phi) is 3.68. The van der Waals surface area contributed by atoms with Gasteiger partial charge in [-0.3, -0.25) is 4.90 Å². The van der Waals surface area contributed by atoms with Gasteiger partial charge in [-0.2, -0.15) is 0 Å². The fourth-order valence-electron chi connectivity index (χ4n) is 2.70. The van der Waals surface area contributed by atoms with Gasteiger partial charge in [-0.1, -0.05) is 18.5 Å². The van der Waals surface area contributed by atoms with E-state index in [1.807, 2.05) is 13.0 Å². The Morgan fingerprint density at radius 3 is 2.90 bits per heavy atom. The van der Waals surface area contributed by atoms with Crippen molar-refractivity contribution in [1.82, 2.24) is 4.90 Å². The first kappa shape index (κ1) is 14.4. The van der Waals surface area contributed by atoms with Crippen LogP contribution in [-0.2, 0) is 6.54 Å². The molecule has 1 atom stereocenters. The lowest BCUT2D eigenvalue weighted by Gasteiger charge is -2.33. The molecule has 2 aromatic rings. The molecule has 0 bridgehead atoms. The Labute approximate surface area is 128 Å². The largest absolute Gasteiger partial charge is 0.476 e. The summed E-state index contributed by atoms with van der Waals surface area (Å²) in [5.41, 5.74) is 1.98. The maximum Gasteiger partial charge on any atom is 0.336 e. The molecular formula is C16H18ClNO3. The number of nitrogens with zero attached hydrogens (tertiary/aromatic N) is 1. The van der Waals surface area contributed by atoms with Crippen molar-refractivity contribution < 1.29 is 9.15 Å². The summed E-state index contributed by atoms with van der Waals surface area (Å²) >= 11 is 6.33. The number of benzene rings is 1. The quantitative estimate of drug-likeness (QED) is 0.793. The van der Waals surface area contributed by atoms with Crippen molar-refractivity contribution in [2.75, 3.05) is 6.73 Å². The molecule has 0 saturated carbocycles. The third-order valence-electron chi connectivity index (χ3n) is 4.19. The van der Waals surface area contributed by atoms with E-state index < -0.39 is 0 Å². The normalized spacial score (nSPS) is 16.6. The van der Waals surface area contributed by atoms with E-state index in [0.29, 0.717) is 35.7 Å². The summed E-state index contributed by atoms with van der Waals surface area (Å²) in [6, 6.07) is 3.69. The number of fused-ring (bicyclic) bond motifs is 3. The molecule has 112 valence electrons. The number of aryl methyl sites for hydroxylation is 1. The van der Waals surface area contributed by atoms with Gasteiger partial charge in [0.15, 0.2) is 0 Å². The lowest BCUT2D eigenvalue weighted by molar-refractivity contribution is 0.0610. The highest BCUT2D eigenvalue weighted by Crippen LogP contribution is 2.39. The van der Waals surface area contributed by atoms with E-state index in [-0.39, 0.29) is 5.63 Å². The maximum atomic E-state index is 11.7. The summed E-state index contributed by atoms with van der Waals surface area (Å²) in [7, 11) is 0. The van der Waals surface area contributed by atoms with Crippen molar-refractivity contribution in [3.63, 3.8) is 0 Å². The van der Waals surface area contributed by atoms with Gasteiger partial charge < -0.3 is 9.15 Å². The van der Waals surface area contributed by atoms with E-state index in [0.717, 1.165) is 22.9 Å². The van der Waals surface area contributed by atoms with Crippen LogP contribution >= 0.6 is 11.6 Å². The van der Waals surface area contributed by atoms with Crippen LogP contribution in [-0.4, -0.2) is 17.7 Å². The average molecular weight is 308 g/mol. The third-order valence-corrected chi connectivity index (χ3v) is 4.47. The molecule has 2 heterocycles. The topological polar surface area (TPSA) is 42.7 Å². The van der Waals surface area contributed by atoms with Crippen LogP contribution in [0.25, 0.3) is 11.0 Å². The second kappa shape index (κ2) is 5.35. The molecule has 1 aliphatic rings. The molecule has 1 aliphatic heterocycles. The molecule has 21 heavy (non-hydrogen) atoms. The molecule has 0 spiro atoms. The van der Waals surface area contributed by atoms with E-state index in [4.69, 9.17) is 20.8 Å². The molecule has 0 aliphatic carbocycles. The van der Waals surface area contributed by atoms with Crippen LogP contribution < -0.4 is 10.4 Å². The minimum Gasteiger partial charge on any atom is -0.476 e. The van der Waals surface area contributed by atoms with Crippen LogP contribution in [0.15, 0.2) is 21.3 Å². The van der Waals surface area contributed by atoms with Gasteiger partial charge in [0.2, 0.25) is 0 Å². The highest BCUT2D eigenvalue weighted by molar-refractivity contribution is 6.33. The third kappa shape index (κ3) is 2.43. The monoisotopic (exact) mass is 307 g/mol. The number of hydrogen-bond acceptors (Lipinski definition) is 4. The van der Waals surface area contributed by atoms with Gasteiger partial charge in [-0.25, -0.2) is 4.79 Å². The van der Waals surface area contributed by atoms with Gasteiger partial charge in [-0.05, 0) is 31.9 Å². The molecule has 1 aromatic carbocycles. The molecule has 5 heteroatoms. The van der Waals surface area contributed by atoms with Crippen molar-refractivity contribution in [1.29, 1.82) is 0 Å². The summed E-state index contributed by atoms with van der Waals surface area (Å²) in [4.78, 5) is 13.9. The zero-order valence-corrected chi connectivity index (χ0v) is 13.2. The second-order valence-electron chi connectivity index (χ2n) is 5.57. The van der Waals surface area contributed by atoms with E-state index in [1.165, 1.54) is 6.07 Å². The number of hydrogen-bond donors (Lipinski definition) is 0. The van der Waals surface area contributed by atoms with Crippen molar-refractivity contribution in [2.24, 2.45) is 0 Å². The van der Waals surface area contributed by atoms with E-state index >= 15 is 0 Å². The fraction of sp³-hybridized carbons (Fsp3) is 0.438. The molecule has 4 nitrogen and oxygen atoms in total. The lowest BCUT2D eigenvalue weighted by atomic mass is 10.0. The fourth-order valence-corrected chi connectivity index (χ4v) is 2.98. The Balaban J connectivity index is 2.22. The summed E-state index contributed by atoms with van der Waals surface area (Å²) in [6.07, 6.45) is 1.03. The van der Waals surface area contributed by atoms with Gasteiger partial charge in [-0.15, -0.1) is 0 Å². The lowest BCUT2D eigenvalue weighted by Crippen LogP contribution is -2.38. The molecule has 0 radical (unpaired) electrons. The van der Waals surface area contributed by atoms with Crippen LogP contribution in [0, 0.1) is 6.92 Å². The van der Waals surface area contributed by atoms with E-state index in [9.17, 15) is 4.79 Å². The highest BCUT2D eigenvalue weighted by atomic mass is 35.5. The summed E-state index contributed by atoms with van der Waals surface area (Å²) < 4.78 is 11.2. The molecule has 0 saturated heterocycles. The van der Waals surface area contributed by atoms with Gasteiger partial charge in [0, 0.05) is 24.0 Å². The molecule has 0 amide bonds. The molecule has 0 N–H and O–H groups in total. The predicted molar refractivity (Wildman–Crippen MR) is 83.0 cm³/mol. The Morgan fingerprint density at radius 2 is 2.19 bits per heavy atom. The highest BCUT2D eigenvalue weighted by Gasteiger charge is 2.26. The maximum absolute atomic E-state index is 11.7. The van der Waals surface area contributed by atoms with Crippen LogP contribution in [0.4, 0.5) is 0 Å².